The summed E-state index contributed by atoms with van der Waals surface area (Å²) in [6.07, 6.45) is 2.93. The van der Waals surface area contributed by atoms with Crippen molar-refractivity contribution in [3.05, 3.63) is 0 Å². The highest BCUT2D eigenvalue weighted by Gasteiger charge is 2.39. The molecule has 0 heterocycles. The van der Waals surface area contributed by atoms with Crippen molar-refractivity contribution in [2.75, 3.05) is 46.7 Å². The number of alkyl carbamates (subject to hydrolysis) is 1. The van der Waals surface area contributed by atoms with Crippen molar-refractivity contribution in [3.63, 3.8) is 0 Å². The topological polar surface area (TPSA) is 75.2 Å². The third-order valence-electron chi connectivity index (χ3n) is 5.76. The van der Waals surface area contributed by atoms with E-state index in [-0.39, 0.29) is 36.4 Å². The summed E-state index contributed by atoms with van der Waals surface area (Å²) in [7, 11) is 1.66. The third kappa shape index (κ3) is 12.7. The fourth-order valence-electron chi connectivity index (χ4n) is 4.84. The molecular formula is C24H47NO6. The van der Waals surface area contributed by atoms with Gasteiger partial charge in [-0.15, -0.1) is 0 Å². The van der Waals surface area contributed by atoms with E-state index in [1.807, 2.05) is 20.8 Å². The lowest BCUT2D eigenvalue weighted by Gasteiger charge is -2.46. The highest BCUT2D eigenvalue weighted by atomic mass is 16.6. The molecule has 5 unspecified atom stereocenters. The quantitative estimate of drug-likeness (QED) is 0.399. The van der Waals surface area contributed by atoms with E-state index < -0.39 is 0 Å². The van der Waals surface area contributed by atoms with Crippen LogP contribution in [0.2, 0.25) is 0 Å². The summed E-state index contributed by atoms with van der Waals surface area (Å²) < 4.78 is 27.3. The highest BCUT2D eigenvalue weighted by molar-refractivity contribution is 5.67. The molecule has 0 aromatic heterocycles. The first kappa shape index (κ1) is 28.1. The number of amides is 1. The van der Waals surface area contributed by atoms with Crippen LogP contribution < -0.4 is 5.32 Å². The molecule has 1 saturated carbocycles. The zero-order valence-electron chi connectivity index (χ0n) is 21.1. The molecule has 7 heteroatoms. The summed E-state index contributed by atoms with van der Waals surface area (Å²) in [5.74, 6) is 0.671. The molecule has 0 aromatic rings. The fourth-order valence-corrected chi connectivity index (χ4v) is 4.84. The minimum atomic E-state index is -0.376. The van der Waals surface area contributed by atoms with Crippen molar-refractivity contribution in [1.82, 2.24) is 5.32 Å². The maximum Gasteiger partial charge on any atom is 0.407 e. The van der Waals surface area contributed by atoms with Crippen LogP contribution in [0.15, 0.2) is 0 Å². The fraction of sp³-hybridized carbons (Fsp3) is 0.958. The summed E-state index contributed by atoms with van der Waals surface area (Å²) in [4.78, 5) is 12.1. The smallest absolute Gasteiger partial charge is 0.407 e. The van der Waals surface area contributed by atoms with Gasteiger partial charge in [0, 0.05) is 13.7 Å². The molecule has 1 N–H and O–H groups in total. The average molecular weight is 446 g/mol. The number of carbonyl (C=O) groups excluding carboxylic acids is 1. The molecule has 0 aliphatic heterocycles. The SMILES string of the molecule is COC(C)COCCOC(C)COC(C)COC(=O)NCC1(C)CC(C)CC(C)(C)C1. The molecule has 1 aliphatic rings. The summed E-state index contributed by atoms with van der Waals surface area (Å²) in [5, 5.41) is 2.96. The van der Waals surface area contributed by atoms with Crippen LogP contribution in [0.5, 0.6) is 0 Å². The molecule has 1 rings (SSSR count). The first-order valence-corrected chi connectivity index (χ1v) is 11.7. The first-order valence-electron chi connectivity index (χ1n) is 11.7. The van der Waals surface area contributed by atoms with E-state index in [2.05, 4.69) is 33.0 Å². The molecule has 1 fully saturated rings. The van der Waals surface area contributed by atoms with Crippen molar-refractivity contribution >= 4 is 6.09 Å². The maximum absolute atomic E-state index is 12.1. The van der Waals surface area contributed by atoms with Crippen LogP contribution >= 0.6 is 0 Å². The van der Waals surface area contributed by atoms with Crippen LogP contribution in [0, 0.1) is 16.7 Å². The molecule has 1 amide bonds. The van der Waals surface area contributed by atoms with Gasteiger partial charge in [0.05, 0.1) is 44.7 Å². The molecule has 1 aliphatic carbocycles. The number of hydrogen-bond donors (Lipinski definition) is 1. The number of ether oxygens (including phenoxy) is 5. The van der Waals surface area contributed by atoms with E-state index in [1.54, 1.807) is 7.11 Å². The van der Waals surface area contributed by atoms with Crippen molar-refractivity contribution in [3.8, 4) is 0 Å². The van der Waals surface area contributed by atoms with Crippen molar-refractivity contribution in [1.29, 1.82) is 0 Å². The van der Waals surface area contributed by atoms with Crippen LogP contribution in [-0.4, -0.2) is 71.1 Å². The lowest BCUT2D eigenvalue weighted by Crippen LogP contribution is -2.43. The van der Waals surface area contributed by atoms with Gasteiger partial charge in [-0.3, -0.25) is 0 Å². The Morgan fingerprint density at radius 2 is 1.65 bits per heavy atom. The monoisotopic (exact) mass is 445 g/mol. The van der Waals surface area contributed by atoms with Gasteiger partial charge >= 0.3 is 6.09 Å². The molecule has 0 saturated heterocycles. The lowest BCUT2D eigenvalue weighted by molar-refractivity contribution is -0.0645. The summed E-state index contributed by atoms with van der Waals surface area (Å²) >= 11 is 0. The Morgan fingerprint density at radius 3 is 2.29 bits per heavy atom. The van der Waals surface area contributed by atoms with Crippen LogP contribution in [0.3, 0.4) is 0 Å². The molecule has 7 nitrogen and oxygen atoms in total. The van der Waals surface area contributed by atoms with E-state index in [0.717, 1.165) is 12.8 Å². The van der Waals surface area contributed by atoms with Gasteiger partial charge in [0.25, 0.3) is 0 Å². The molecule has 0 bridgehead atoms. The second-order valence-corrected chi connectivity index (χ2v) is 10.6. The number of methoxy groups -OCH3 is 1. The van der Waals surface area contributed by atoms with Crippen LogP contribution in [0.4, 0.5) is 4.79 Å². The minimum Gasteiger partial charge on any atom is -0.447 e. The van der Waals surface area contributed by atoms with E-state index in [1.165, 1.54) is 6.42 Å². The zero-order chi connectivity index (χ0) is 23.5. The van der Waals surface area contributed by atoms with Crippen molar-refractivity contribution in [2.45, 2.75) is 86.0 Å². The number of carbonyl (C=O) groups is 1. The van der Waals surface area contributed by atoms with Crippen molar-refractivity contribution < 1.29 is 28.5 Å². The van der Waals surface area contributed by atoms with E-state index in [0.29, 0.717) is 44.3 Å². The molecule has 0 radical (unpaired) electrons. The van der Waals surface area contributed by atoms with Gasteiger partial charge in [0.2, 0.25) is 0 Å². The Bertz CT molecular complexity index is 514. The molecule has 0 aromatic carbocycles. The summed E-state index contributed by atoms with van der Waals surface area (Å²) in [6, 6.07) is 0. The molecule has 5 atom stereocenters. The Hall–Kier alpha value is -0.890. The number of rotatable bonds is 14. The zero-order valence-corrected chi connectivity index (χ0v) is 21.1. The molecule has 0 spiro atoms. The van der Waals surface area contributed by atoms with Gasteiger partial charge in [0.1, 0.15) is 6.61 Å². The van der Waals surface area contributed by atoms with Gasteiger partial charge in [-0.1, -0.05) is 27.7 Å². The molecule has 184 valence electrons. The van der Waals surface area contributed by atoms with Crippen LogP contribution in [0.1, 0.15) is 67.7 Å². The van der Waals surface area contributed by atoms with E-state index in [9.17, 15) is 4.79 Å². The summed E-state index contributed by atoms with van der Waals surface area (Å²) in [6.45, 7) is 17.9. The Kier molecular flexibility index (Phi) is 12.4. The Morgan fingerprint density at radius 1 is 0.968 bits per heavy atom. The standard InChI is InChI=1S/C24H47NO6/c1-18-11-23(5,6)16-24(7,12-18)17-25-22(26)31-15-21(4)30-14-20(3)29-10-9-28-13-19(2)27-8/h18-21H,9-17H2,1-8H3,(H,25,26). The predicted molar refractivity (Wildman–Crippen MR) is 122 cm³/mol. The number of hydrogen-bond acceptors (Lipinski definition) is 6. The largest absolute Gasteiger partial charge is 0.447 e. The van der Waals surface area contributed by atoms with Crippen LogP contribution in [-0.2, 0) is 23.7 Å². The van der Waals surface area contributed by atoms with Crippen molar-refractivity contribution in [2.24, 2.45) is 16.7 Å². The predicted octanol–water partition coefficient (Wildman–Crippen LogP) is 4.43. The molecule has 31 heavy (non-hydrogen) atoms. The Labute approximate surface area is 189 Å². The molecular weight excluding hydrogens is 398 g/mol. The lowest BCUT2D eigenvalue weighted by atomic mass is 9.61. The Balaban J connectivity index is 2.14. The van der Waals surface area contributed by atoms with E-state index in [4.69, 9.17) is 23.7 Å². The normalized spacial score (nSPS) is 26.1. The van der Waals surface area contributed by atoms with Gasteiger partial charge in [-0.05, 0) is 56.8 Å². The first-order chi connectivity index (χ1) is 14.4. The van der Waals surface area contributed by atoms with Gasteiger partial charge in [-0.25, -0.2) is 4.79 Å². The van der Waals surface area contributed by atoms with Gasteiger partial charge in [-0.2, -0.15) is 0 Å². The van der Waals surface area contributed by atoms with E-state index >= 15 is 0 Å². The second kappa shape index (κ2) is 13.6. The van der Waals surface area contributed by atoms with Crippen LogP contribution in [0.25, 0.3) is 0 Å². The maximum atomic E-state index is 12.1. The second-order valence-electron chi connectivity index (χ2n) is 10.6. The minimum absolute atomic E-state index is 0.0590. The number of nitrogens with one attached hydrogen (secondary N) is 1. The van der Waals surface area contributed by atoms with Gasteiger partial charge < -0.3 is 29.0 Å². The average Bonchev–Trinajstić information content (AvgIpc) is 2.66. The third-order valence-corrected chi connectivity index (χ3v) is 5.76. The summed E-state index contributed by atoms with van der Waals surface area (Å²) in [5.41, 5.74) is 0.425. The van der Waals surface area contributed by atoms with Gasteiger partial charge in [0.15, 0.2) is 0 Å². The highest BCUT2D eigenvalue weighted by Crippen LogP contribution is 2.48.